The van der Waals surface area contributed by atoms with Gasteiger partial charge in [-0.1, -0.05) is 39.7 Å². The fraction of sp³-hybridized carbons (Fsp3) is 0.455. The Morgan fingerprint density at radius 1 is 1.41 bits per heavy atom. The minimum Gasteiger partial charge on any atom is -0.446 e. The van der Waals surface area contributed by atoms with Crippen LogP contribution in [0.25, 0.3) is 0 Å². The van der Waals surface area contributed by atoms with Crippen molar-refractivity contribution in [2.24, 2.45) is 0 Å². The van der Waals surface area contributed by atoms with Crippen molar-refractivity contribution < 1.29 is 14.3 Å². The first-order chi connectivity index (χ1) is 7.66. The molecule has 0 aliphatic carbocycles. The Morgan fingerprint density at radius 3 is 2.29 bits per heavy atom. The van der Waals surface area contributed by atoms with Gasteiger partial charge in [-0.2, -0.15) is 4.39 Å². The molecule has 4 nitrogen and oxygen atoms in total. The number of hydrogen-bond acceptors (Lipinski definition) is 3. The van der Waals surface area contributed by atoms with Gasteiger partial charge >= 0.3 is 12.6 Å². The van der Waals surface area contributed by atoms with Gasteiger partial charge in [-0.3, -0.25) is 10.1 Å². The standard InChI is InChI=1S/C11H15BFNO3/c1-11(2,3)7-5-6-8(12(4)15)10(9(7)13)14(16)17/h5-6,15H,1-4H3. The zero-order valence-corrected chi connectivity index (χ0v) is 10.3. The van der Waals surface area contributed by atoms with Gasteiger partial charge in [0.25, 0.3) is 0 Å². The van der Waals surface area contributed by atoms with Gasteiger partial charge in [-0.05, 0) is 5.41 Å². The van der Waals surface area contributed by atoms with E-state index >= 15 is 0 Å². The Bertz CT molecular complexity index is 455. The summed E-state index contributed by atoms with van der Waals surface area (Å²) >= 11 is 0. The molecule has 0 radical (unpaired) electrons. The van der Waals surface area contributed by atoms with Gasteiger partial charge in [0.2, 0.25) is 5.82 Å². The second kappa shape index (κ2) is 4.45. The Labute approximate surface area is 99.7 Å². The van der Waals surface area contributed by atoms with Crippen molar-refractivity contribution in [1.29, 1.82) is 0 Å². The third-order valence-corrected chi connectivity index (χ3v) is 2.59. The lowest BCUT2D eigenvalue weighted by Crippen LogP contribution is -2.31. The van der Waals surface area contributed by atoms with E-state index in [1.807, 2.05) is 0 Å². The molecule has 0 heterocycles. The molecule has 0 aliphatic heterocycles. The smallest absolute Gasteiger partial charge is 0.327 e. The first-order valence-electron chi connectivity index (χ1n) is 5.31. The van der Waals surface area contributed by atoms with E-state index in [9.17, 15) is 19.5 Å². The summed E-state index contributed by atoms with van der Waals surface area (Å²) in [6, 6.07) is 2.90. The summed E-state index contributed by atoms with van der Waals surface area (Å²) in [5, 5.41) is 20.3. The first-order valence-corrected chi connectivity index (χ1v) is 5.31. The van der Waals surface area contributed by atoms with Gasteiger partial charge < -0.3 is 5.02 Å². The number of nitrogens with zero attached hydrogens (tertiary/aromatic N) is 1. The number of rotatable bonds is 2. The van der Waals surface area contributed by atoms with E-state index in [1.165, 1.54) is 19.0 Å². The third kappa shape index (κ3) is 2.63. The molecule has 1 N–H and O–H groups in total. The minimum absolute atomic E-state index is 0.000463. The van der Waals surface area contributed by atoms with Crippen LogP contribution in [-0.2, 0) is 5.41 Å². The summed E-state index contributed by atoms with van der Waals surface area (Å²) in [6.07, 6.45) is 0. The van der Waals surface area contributed by atoms with Crippen LogP contribution < -0.4 is 5.46 Å². The van der Waals surface area contributed by atoms with Crippen LogP contribution in [-0.4, -0.2) is 16.9 Å². The summed E-state index contributed by atoms with van der Waals surface area (Å²) in [5.74, 6) is -0.860. The van der Waals surface area contributed by atoms with E-state index in [0.29, 0.717) is 0 Å². The third-order valence-electron chi connectivity index (χ3n) is 2.59. The summed E-state index contributed by atoms with van der Waals surface area (Å²) in [4.78, 5) is 10.1. The Kier molecular flexibility index (Phi) is 3.57. The van der Waals surface area contributed by atoms with Crippen LogP contribution in [0.5, 0.6) is 0 Å². The molecule has 1 aromatic carbocycles. The highest BCUT2D eigenvalue weighted by Crippen LogP contribution is 2.29. The van der Waals surface area contributed by atoms with Gasteiger partial charge in [0.15, 0.2) is 0 Å². The summed E-state index contributed by atoms with van der Waals surface area (Å²) in [7, 11) is 0. The maximum Gasteiger partial charge on any atom is 0.327 e. The van der Waals surface area contributed by atoms with Crippen LogP contribution in [0.4, 0.5) is 10.1 Å². The monoisotopic (exact) mass is 239 g/mol. The molecule has 0 aliphatic rings. The van der Waals surface area contributed by atoms with Crippen LogP contribution in [0, 0.1) is 15.9 Å². The van der Waals surface area contributed by atoms with E-state index in [1.54, 1.807) is 20.8 Å². The normalized spacial score (nSPS) is 11.4. The summed E-state index contributed by atoms with van der Waals surface area (Å²) < 4.78 is 14.1. The molecule has 17 heavy (non-hydrogen) atoms. The highest BCUT2D eigenvalue weighted by atomic mass is 19.1. The molecule has 1 aromatic rings. The second-order valence-electron chi connectivity index (χ2n) is 5.05. The fourth-order valence-electron chi connectivity index (χ4n) is 1.68. The summed E-state index contributed by atoms with van der Waals surface area (Å²) in [6.45, 7) is 5.63. The number of benzene rings is 1. The lowest BCUT2D eigenvalue weighted by molar-refractivity contribution is -0.386. The van der Waals surface area contributed by atoms with E-state index in [2.05, 4.69) is 0 Å². The predicted octanol–water partition coefficient (Wildman–Crippen LogP) is 1.85. The zero-order valence-electron chi connectivity index (χ0n) is 10.3. The topological polar surface area (TPSA) is 63.4 Å². The SMILES string of the molecule is CB(O)c1ccc(C(C)(C)C)c(F)c1[N+](=O)[O-]. The van der Waals surface area contributed by atoms with Crippen LogP contribution >= 0.6 is 0 Å². The van der Waals surface area contributed by atoms with E-state index < -0.39 is 28.8 Å². The van der Waals surface area contributed by atoms with Crippen molar-refractivity contribution >= 4 is 18.1 Å². The largest absolute Gasteiger partial charge is 0.446 e. The van der Waals surface area contributed by atoms with E-state index in [-0.39, 0.29) is 11.0 Å². The first kappa shape index (κ1) is 13.6. The van der Waals surface area contributed by atoms with Gasteiger partial charge in [0.1, 0.15) is 0 Å². The molecule has 0 unspecified atom stereocenters. The van der Waals surface area contributed by atoms with Gasteiger partial charge in [-0.25, -0.2) is 0 Å². The quantitative estimate of drug-likeness (QED) is 0.486. The number of hydrogen-bond donors (Lipinski definition) is 1. The molecule has 0 amide bonds. The summed E-state index contributed by atoms with van der Waals surface area (Å²) in [5.41, 5.74) is -0.881. The molecule has 0 spiro atoms. The highest BCUT2D eigenvalue weighted by Gasteiger charge is 2.31. The zero-order chi connectivity index (χ0) is 13.4. The average Bonchev–Trinajstić information content (AvgIpc) is 2.13. The maximum absolute atomic E-state index is 14.1. The molecular weight excluding hydrogens is 224 g/mol. The van der Waals surface area contributed by atoms with Gasteiger partial charge in [-0.15, -0.1) is 0 Å². The highest BCUT2D eigenvalue weighted by molar-refractivity contribution is 6.66. The fourth-order valence-corrected chi connectivity index (χ4v) is 1.68. The Hall–Kier alpha value is -1.43. The second-order valence-corrected chi connectivity index (χ2v) is 5.05. The molecule has 1 rings (SSSR count). The molecule has 0 atom stereocenters. The van der Waals surface area contributed by atoms with Crippen molar-refractivity contribution in [3.63, 3.8) is 0 Å². The number of nitro benzene ring substituents is 1. The molecule has 6 heteroatoms. The van der Waals surface area contributed by atoms with Gasteiger partial charge in [0, 0.05) is 11.0 Å². The molecule has 92 valence electrons. The number of halogens is 1. The van der Waals surface area contributed by atoms with Gasteiger partial charge in [0.05, 0.1) is 4.92 Å². The van der Waals surface area contributed by atoms with Crippen molar-refractivity contribution in [3.8, 4) is 0 Å². The van der Waals surface area contributed by atoms with Crippen LogP contribution in [0.3, 0.4) is 0 Å². The molecule has 0 bridgehead atoms. The van der Waals surface area contributed by atoms with Crippen LogP contribution in [0.15, 0.2) is 12.1 Å². The lowest BCUT2D eigenvalue weighted by Gasteiger charge is -2.20. The molecule has 0 saturated carbocycles. The number of nitro groups is 1. The predicted molar refractivity (Wildman–Crippen MR) is 65.2 cm³/mol. The van der Waals surface area contributed by atoms with Crippen molar-refractivity contribution in [2.45, 2.75) is 33.0 Å². The van der Waals surface area contributed by atoms with E-state index in [0.717, 1.165) is 0 Å². The molecule has 0 aromatic heterocycles. The van der Waals surface area contributed by atoms with E-state index in [4.69, 9.17) is 0 Å². The molecular formula is C11H15BFNO3. The molecule has 0 fully saturated rings. The maximum atomic E-state index is 14.1. The Morgan fingerprint density at radius 2 is 1.94 bits per heavy atom. The Balaban J connectivity index is 3.56. The van der Waals surface area contributed by atoms with Crippen molar-refractivity contribution in [2.75, 3.05) is 0 Å². The average molecular weight is 239 g/mol. The lowest BCUT2D eigenvalue weighted by atomic mass is 9.63. The van der Waals surface area contributed by atoms with Crippen molar-refractivity contribution in [1.82, 2.24) is 0 Å². The minimum atomic E-state index is -1.07. The van der Waals surface area contributed by atoms with Crippen molar-refractivity contribution in [3.05, 3.63) is 33.6 Å². The van der Waals surface area contributed by atoms with Crippen LogP contribution in [0.1, 0.15) is 26.3 Å². The van der Waals surface area contributed by atoms with Crippen LogP contribution in [0.2, 0.25) is 6.82 Å². The molecule has 0 saturated heterocycles.